The predicted octanol–water partition coefficient (Wildman–Crippen LogP) is 5.76. The lowest BCUT2D eigenvalue weighted by Crippen LogP contribution is -2.28. The molecule has 0 aromatic heterocycles. The summed E-state index contributed by atoms with van der Waals surface area (Å²) in [6.07, 6.45) is 9.91. The van der Waals surface area contributed by atoms with E-state index >= 15 is 0 Å². The van der Waals surface area contributed by atoms with Crippen LogP contribution in [0.15, 0.2) is 30.3 Å². The Balaban J connectivity index is 2.22. The van der Waals surface area contributed by atoms with Crippen molar-refractivity contribution >= 4 is 5.97 Å². The average molecular weight is 290 g/mol. The molecule has 0 aliphatic heterocycles. The molecule has 0 unspecified atom stereocenters. The summed E-state index contributed by atoms with van der Waals surface area (Å²) in [7, 11) is 0. The Morgan fingerprint density at radius 2 is 1.52 bits per heavy atom. The molecule has 0 N–H and O–H groups in total. The molecule has 0 amide bonds. The Morgan fingerprint density at radius 1 is 0.952 bits per heavy atom. The molecule has 0 fully saturated rings. The summed E-state index contributed by atoms with van der Waals surface area (Å²) in [6.45, 7) is 6.25. The molecule has 0 saturated heterocycles. The summed E-state index contributed by atoms with van der Waals surface area (Å²) >= 11 is 0. The minimum absolute atomic E-state index is 0.219. The second-order valence-corrected chi connectivity index (χ2v) is 6.39. The quantitative estimate of drug-likeness (QED) is 0.404. The Bertz CT molecular complexity index is 395. The van der Waals surface area contributed by atoms with Gasteiger partial charge < -0.3 is 4.74 Å². The van der Waals surface area contributed by atoms with Crippen LogP contribution >= 0.6 is 0 Å². The van der Waals surface area contributed by atoms with E-state index in [1.165, 1.54) is 38.5 Å². The molecule has 2 nitrogen and oxygen atoms in total. The molecule has 2 heteroatoms. The zero-order chi connectivity index (χ0) is 15.6. The van der Waals surface area contributed by atoms with Gasteiger partial charge in [-0.15, -0.1) is 0 Å². The van der Waals surface area contributed by atoms with Gasteiger partial charge in [-0.3, -0.25) is 0 Å². The highest BCUT2D eigenvalue weighted by Crippen LogP contribution is 2.21. The molecule has 0 saturated carbocycles. The van der Waals surface area contributed by atoms with Gasteiger partial charge in [-0.05, 0) is 38.8 Å². The van der Waals surface area contributed by atoms with Crippen molar-refractivity contribution in [3.05, 3.63) is 35.9 Å². The highest BCUT2D eigenvalue weighted by molar-refractivity contribution is 5.89. The lowest BCUT2D eigenvalue weighted by atomic mass is 9.99. The van der Waals surface area contributed by atoms with Gasteiger partial charge >= 0.3 is 5.97 Å². The lowest BCUT2D eigenvalue weighted by Gasteiger charge is -2.25. The van der Waals surface area contributed by atoms with E-state index in [0.29, 0.717) is 5.56 Å². The highest BCUT2D eigenvalue weighted by Gasteiger charge is 2.22. The summed E-state index contributed by atoms with van der Waals surface area (Å²) in [5, 5.41) is 0. The van der Waals surface area contributed by atoms with Crippen LogP contribution in [0.3, 0.4) is 0 Å². The molecule has 0 heterocycles. The third-order valence-electron chi connectivity index (χ3n) is 3.76. The zero-order valence-electron chi connectivity index (χ0n) is 13.9. The molecule has 0 aliphatic rings. The van der Waals surface area contributed by atoms with Gasteiger partial charge in [0.15, 0.2) is 0 Å². The van der Waals surface area contributed by atoms with Crippen LogP contribution in [0.2, 0.25) is 0 Å². The predicted molar refractivity (Wildman–Crippen MR) is 88.5 cm³/mol. The molecule has 0 bridgehead atoms. The molecule has 0 spiro atoms. The number of unbranched alkanes of at least 4 members (excludes halogenated alkanes) is 6. The minimum Gasteiger partial charge on any atom is -0.456 e. The van der Waals surface area contributed by atoms with Crippen LogP contribution in [0, 0.1) is 0 Å². The number of benzene rings is 1. The second kappa shape index (κ2) is 9.59. The maximum Gasteiger partial charge on any atom is 0.338 e. The fourth-order valence-corrected chi connectivity index (χ4v) is 2.44. The highest BCUT2D eigenvalue weighted by atomic mass is 16.6. The van der Waals surface area contributed by atoms with Gasteiger partial charge in [0.1, 0.15) is 5.60 Å². The Morgan fingerprint density at radius 3 is 2.14 bits per heavy atom. The van der Waals surface area contributed by atoms with Crippen LogP contribution < -0.4 is 0 Å². The number of carbonyl (C=O) groups is 1. The number of hydrogen-bond donors (Lipinski definition) is 0. The van der Waals surface area contributed by atoms with Crippen molar-refractivity contribution < 1.29 is 9.53 Å². The molecule has 118 valence electrons. The van der Waals surface area contributed by atoms with Gasteiger partial charge in [-0.1, -0.05) is 63.6 Å². The third kappa shape index (κ3) is 7.89. The van der Waals surface area contributed by atoms with Crippen molar-refractivity contribution in [1.29, 1.82) is 0 Å². The van der Waals surface area contributed by atoms with E-state index in [2.05, 4.69) is 6.92 Å². The van der Waals surface area contributed by atoms with E-state index in [0.717, 1.165) is 12.8 Å². The molecule has 1 aromatic carbocycles. The van der Waals surface area contributed by atoms with E-state index in [-0.39, 0.29) is 11.6 Å². The zero-order valence-corrected chi connectivity index (χ0v) is 13.9. The maximum atomic E-state index is 12.0. The van der Waals surface area contributed by atoms with Crippen LogP contribution in [-0.2, 0) is 4.74 Å². The number of ether oxygens (including phenoxy) is 1. The van der Waals surface area contributed by atoms with Crippen LogP contribution in [0.5, 0.6) is 0 Å². The molecule has 0 radical (unpaired) electrons. The van der Waals surface area contributed by atoms with E-state index in [9.17, 15) is 4.79 Å². The standard InChI is InChI=1S/C19H30O2/c1-4-5-6-7-8-9-13-16-19(2,3)21-18(20)17-14-11-10-12-15-17/h10-12,14-15H,4-9,13,16H2,1-3H3. The van der Waals surface area contributed by atoms with Crippen molar-refractivity contribution in [2.75, 3.05) is 0 Å². The largest absolute Gasteiger partial charge is 0.456 e. The van der Waals surface area contributed by atoms with Gasteiger partial charge in [0.25, 0.3) is 0 Å². The number of carbonyl (C=O) groups excluding carboxylic acids is 1. The summed E-state index contributed by atoms with van der Waals surface area (Å²) < 4.78 is 5.63. The van der Waals surface area contributed by atoms with Crippen molar-refractivity contribution in [2.45, 2.75) is 77.7 Å². The van der Waals surface area contributed by atoms with E-state index in [1.54, 1.807) is 12.1 Å². The van der Waals surface area contributed by atoms with Crippen molar-refractivity contribution in [3.8, 4) is 0 Å². The van der Waals surface area contributed by atoms with Crippen LogP contribution in [-0.4, -0.2) is 11.6 Å². The van der Waals surface area contributed by atoms with Crippen LogP contribution in [0.1, 0.15) is 82.5 Å². The number of hydrogen-bond acceptors (Lipinski definition) is 2. The van der Waals surface area contributed by atoms with Gasteiger partial charge in [-0.2, -0.15) is 0 Å². The van der Waals surface area contributed by atoms with Gasteiger partial charge in [-0.25, -0.2) is 4.79 Å². The van der Waals surface area contributed by atoms with E-state index in [1.807, 2.05) is 32.0 Å². The Labute approximate surface area is 129 Å². The molecular weight excluding hydrogens is 260 g/mol. The number of esters is 1. The normalized spacial score (nSPS) is 11.4. The molecule has 1 aromatic rings. The van der Waals surface area contributed by atoms with E-state index in [4.69, 9.17) is 4.74 Å². The van der Waals surface area contributed by atoms with Crippen LogP contribution in [0.4, 0.5) is 0 Å². The molecule has 21 heavy (non-hydrogen) atoms. The lowest BCUT2D eigenvalue weighted by molar-refractivity contribution is -0.00550. The summed E-state index contributed by atoms with van der Waals surface area (Å²) in [5.74, 6) is -0.219. The first kappa shape index (κ1) is 17.7. The summed E-state index contributed by atoms with van der Waals surface area (Å²) in [6, 6.07) is 9.22. The smallest absolute Gasteiger partial charge is 0.338 e. The summed E-state index contributed by atoms with van der Waals surface area (Å²) in [4.78, 5) is 12.0. The third-order valence-corrected chi connectivity index (χ3v) is 3.76. The molecule has 1 rings (SSSR count). The van der Waals surface area contributed by atoms with Gasteiger partial charge in [0.2, 0.25) is 0 Å². The first-order chi connectivity index (χ1) is 10.0. The average Bonchev–Trinajstić information content (AvgIpc) is 2.46. The monoisotopic (exact) mass is 290 g/mol. The minimum atomic E-state index is -0.379. The summed E-state index contributed by atoms with van der Waals surface area (Å²) in [5.41, 5.74) is 0.251. The van der Waals surface area contributed by atoms with Gasteiger partial charge in [0.05, 0.1) is 5.56 Å². The van der Waals surface area contributed by atoms with E-state index < -0.39 is 0 Å². The van der Waals surface area contributed by atoms with Crippen molar-refractivity contribution in [3.63, 3.8) is 0 Å². The van der Waals surface area contributed by atoms with Crippen molar-refractivity contribution in [1.82, 2.24) is 0 Å². The fourth-order valence-electron chi connectivity index (χ4n) is 2.44. The Kier molecular flexibility index (Phi) is 8.11. The molecule has 0 aliphatic carbocycles. The topological polar surface area (TPSA) is 26.3 Å². The second-order valence-electron chi connectivity index (χ2n) is 6.39. The van der Waals surface area contributed by atoms with Crippen molar-refractivity contribution in [2.24, 2.45) is 0 Å². The fraction of sp³-hybridized carbons (Fsp3) is 0.632. The first-order valence-corrected chi connectivity index (χ1v) is 8.33. The molecule has 0 atom stereocenters. The Hall–Kier alpha value is -1.31. The first-order valence-electron chi connectivity index (χ1n) is 8.33. The van der Waals surface area contributed by atoms with Gasteiger partial charge in [0, 0.05) is 0 Å². The maximum absolute atomic E-state index is 12.0. The van der Waals surface area contributed by atoms with Crippen LogP contribution in [0.25, 0.3) is 0 Å². The number of rotatable bonds is 10. The SMILES string of the molecule is CCCCCCCCCC(C)(C)OC(=O)c1ccccc1. The molecular formula is C19H30O2.